The second kappa shape index (κ2) is 3.12. The summed E-state index contributed by atoms with van der Waals surface area (Å²) in [6, 6.07) is 3.76. The molecule has 2 aliphatic rings. The van der Waals surface area contributed by atoms with Crippen LogP contribution in [0.1, 0.15) is 39.4 Å². The molecule has 0 aromatic carbocycles. The van der Waals surface area contributed by atoms with Crippen LogP contribution in [0.5, 0.6) is 0 Å². The van der Waals surface area contributed by atoms with Crippen molar-refractivity contribution in [3.05, 3.63) is 29.7 Å². The molecule has 0 aliphatic heterocycles. The number of fused-ring (bicyclic) bond motifs is 2. The lowest BCUT2D eigenvalue weighted by Crippen LogP contribution is -2.32. The van der Waals surface area contributed by atoms with Crippen LogP contribution in [0.4, 0.5) is 0 Å². The van der Waals surface area contributed by atoms with Crippen molar-refractivity contribution in [3.63, 3.8) is 0 Å². The number of allylic oxidation sites excluding steroid dienone is 1. The average Bonchev–Trinajstić information content (AvgIpc) is 2.87. The van der Waals surface area contributed by atoms with E-state index in [4.69, 9.17) is 4.42 Å². The predicted molar refractivity (Wildman–Crippen MR) is 66.3 cm³/mol. The fourth-order valence-electron chi connectivity index (χ4n) is 3.62. The van der Waals surface area contributed by atoms with Gasteiger partial charge in [0.25, 0.3) is 0 Å². The van der Waals surface area contributed by atoms with Crippen LogP contribution in [-0.4, -0.2) is 5.78 Å². The van der Waals surface area contributed by atoms with Gasteiger partial charge < -0.3 is 4.42 Å². The van der Waals surface area contributed by atoms with Crippen LogP contribution >= 0.6 is 0 Å². The maximum Gasteiger partial charge on any atom is 0.165 e. The van der Waals surface area contributed by atoms with Crippen LogP contribution in [-0.2, 0) is 4.79 Å². The molecule has 1 aromatic rings. The summed E-state index contributed by atoms with van der Waals surface area (Å²) in [7, 11) is 0. The van der Waals surface area contributed by atoms with Crippen molar-refractivity contribution in [1.82, 2.24) is 0 Å². The van der Waals surface area contributed by atoms with Gasteiger partial charge in [0.1, 0.15) is 5.76 Å². The standard InChI is InChI=1S/C15H18O2/c1-14(2)12-6-7-15(14,3)13(16)11(12)9-10-5-4-8-17-10/h4-5,8-9,12H,6-7H2,1-3H3/b11-9-. The second-order valence-electron chi connectivity index (χ2n) is 6.09. The van der Waals surface area contributed by atoms with E-state index in [1.165, 1.54) is 0 Å². The number of Topliss-reactive ketones (excluding diaryl/α,β-unsaturated/α-hetero) is 1. The summed E-state index contributed by atoms with van der Waals surface area (Å²) in [5, 5.41) is 0. The molecule has 2 unspecified atom stereocenters. The summed E-state index contributed by atoms with van der Waals surface area (Å²) in [6.45, 7) is 6.58. The Hall–Kier alpha value is -1.31. The Bertz CT molecular complexity index is 493. The zero-order valence-corrected chi connectivity index (χ0v) is 10.6. The van der Waals surface area contributed by atoms with E-state index in [2.05, 4.69) is 20.8 Å². The molecule has 90 valence electrons. The largest absolute Gasteiger partial charge is 0.465 e. The van der Waals surface area contributed by atoms with Crippen LogP contribution in [0.3, 0.4) is 0 Å². The highest BCUT2D eigenvalue weighted by molar-refractivity contribution is 6.07. The summed E-state index contributed by atoms with van der Waals surface area (Å²) in [4.78, 5) is 12.5. The highest BCUT2D eigenvalue weighted by atomic mass is 16.3. The smallest absolute Gasteiger partial charge is 0.165 e. The normalized spacial score (nSPS) is 37.0. The van der Waals surface area contributed by atoms with E-state index in [-0.39, 0.29) is 10.8 Å². The predicted octanol–water partition coefficient (Wildman–Crippen LogP) is 3.69. The quantitative estimate of drug-likeness (QED) is 0.689. The maximum absolute atomic E-state index is 12.5. The molecule has 2 heteroatoms. The van der Waals surface area contributed by atoms with E-state index in [1.807, 2.05) is 18.2 Å². The maximum atomic E-state index is 12.5. The molecule has 0 spiro atoms. The summed E-state index contributed by atoms with van der Waals surface area (Å²) in [6.07, 6.45) is 5.75. The van der Waals surface area contributed by atoms with E-state index in [0.717, 1.165) is 24.2 Å². The van der Waals surface area contributed by atoms with Crippen molar-refractivity contribution >= 4 is 11.9 Å². The van der Waals surface area contributed by atoms with Gasteiger partial charge in [-0.2, -0.15) is 0 Å². The lowest BCUT2D eigenvalue weighted by atomic mass is 9.70. The molecule has 1 aromatic heterocycles. The zero-order chi connectivity index (χ0) is 12.3. The van der Waals surface area contributed by atoms with Gasteiger partial charge in [-0.3, -0.25) is 4.79 Å². The zero-order valence-electron chi connectivity index (χ0n) is 10.6. The summed E-state index contributed by atoms with van der Waals surface area (Å²) >= 11 is 0. The molecule has 2 saturated carbocycles. The van der Waals surface area contributed by atoms with Gasteiger partial charge in [-0.15, -0.1) is 0 Å². The number of hydrogen-bond acceptors (Lipinski definition) is 2. The third-order valence-electron chi connectivity index (χ3n) is 5.21. The van der Waals surface area contributed by atoms with Gasteiger partial charge >= 0.3 is 0 Å². The van der Waals surface area contributed by atoms with Crippen molar-refractivity contribution in [2.45, 2.75) is 33.6 Å². The van der Waals surface area contributed by atoms with E-state index in [9.17, 15) is 4.79 Å². The SMILES string of the molecule is CC12CCC(/C(=C/c3ccco3)C1=O)C2(C)C. The van der Waals surface area contributed by atoms with Crippen LogP contribution in [0.25, 0.3) is 6.08 Å². The molecule has 1 heterocycles. The number of hydrogen-bond donors (Lipinski definition) is 0. The first-order chi connectivity index (χ1) is 7.97. The van der Waals surface area contributed by atoms with E-state index < -0.39 is 0 Å². The van der Waals surface area contributed by atoms with Crippen LogP contribution in [0, 0.1) is 16.7 Å². The number of carbonyl (C=O) groups excluding carboxylic acids is 1. The number of carbonyl (C=O) groups is 1. The molecule has 2 aliphatic carbocycles. The Morgan fingerprint density at radius 1 is 1.41 bits per heavy atom. The molecule has 17 heavy (non-hydrogen) atoms. The molecule has 2 atom stereocenters. The van der Waals surface area contributed by atoms with Crippen molar-refractivity contribution in [3.8, 4) is 0 Å². The Labute approximate surface area is 102 Å². The van der Waals surface area contributed by atoms with Crippen LogP contribution < -0.4 is 0 Å². The second-order valence-corrected chi connectivity index (χ2v) is 6.09. The number of ketones is 1. The summed E-state index contributed by atoms with van der Waals surface area (Å²) < 4.78 is 5.32. The molecule has 0 radical (unpaired) electrons. The number of furan rings is 1. The highest BCUT2D eigenvalue weighted by Crippen LogP contribution is 2.65. The Morgan fingerprint density at radius 2 is 2.18 bits per heavy atom. The van der Waals surface area contributed by atoms with Gasteiger partial charge in [0.2, 0.25) is 0 Å². The van der Waals surface area contributed by atoms with Crippen molar-refractivity contribution in [1.29, 1.82) is 0 Å². The molecule has 2 fully saturated rings. The molecule has 0 saturated heterocycles. The van der Waals surface area contributed by atoms with Crippen molar-refractivity contribution < 1.29 is 9.21 Å². The summed E-state index contributed by atoms with van der Waals surface area (Å²) in [5.74, 6) is 1.51. The topological polar surface area (TPSA) is 30.2 Å². The first kappa shape index (κ1) is 10.8. The van der Waals surface area contributed by atoms with Crippen LogP contribution in [0.2, 0.25) is 0 Å². The minimum absolute atomic E-state index is 0.0858. The first-order valence-electron chi connectivity index (χ1n) is 6.27. The van der Waals surface area contributed by atoms with Crippen molar-refractivity contribution in [2.75, 3.05) is 0 Å². The van der Waals surface area contributed by atoms with Gasteiger partial charge in [0.15, 0.2) is 5.78 Å². The third kappa shape index (κ3) is 1.18. The fraction of sp³-hybridized carbons (Fsp3) is 0.533. The Balaban J connectivity index is 2.08. The minimum atomic E-state index is -0.171. The molecule has 2 nitrogen and oxygen atoms in total. The molecule has 2 bridgehead atoms. The van der Waals surface area contributed by atoms with Crippen LogP contribution in [0.15, 0.2) is 28.4 Å². The average molecular weight is 230 g/mol. The van der Waals surface area contributed by atoms with E-state index in [0.29, 0.717) is 11.7 Å². The Morgan fingerprint density at radius 3 is 2.71 bits per heavy atom. The van der Waals surface area contributed by atoms with Crippen molar-refractivity contribution in [2.24, 2.45) is 16.7 Å². The molecular weight excluding hydrogens is 212 g/mol. The fourth-order valence-corrected chi connectivity index (χ4v) is 3.62. The molecule has 0 N–H and O–H groups in total. The van der Waals surface area contributed by atoms with Gasteiger partial charge in [-0.1, -0.05) is 20.8 Å². The van der Waals surface area contributed by atoms with Gasteiger partial charge in [0, 0.05) is 11.0 Å². The minimum Gasteiger partial charge on any atom is -0.465 e. The number of rotatable bonds is 1. The molecular formula is C15H18O2. The van der Waals surface area contributed by atoms with E-state index in [1.54, 1.807) is 6.26 Å². The summed E-state index contributed by atoms with van der Waals surface area (Å²) in [5.41, 5.74) is 0.886. The first-order valence-corrected chi connectivity index (χ1v) is 6.27. The third-order valence-corrected chi connectivity index (χ3v) is 5.21. The highest BCUT2D eigenvalue weighted by Gasteiger charge is 2.63. The van der Waals surface area contributed by atoms with E-state index >= 15 is 0 Å². The lowest BCUT2D eigenvalue weighted by Gasteiger charge is -2.31. The molecule has 3 rings (SSSR count). The molecule has 0 amide bonds. The van der Waals surface area contributed by atoms with Gasteiger partial charge in [0.05, 0.1) is 6.26 Å². The van der Waals surface area contributed by atoms with Gasteiger partial charge in [-0.25, -0.2) is 0 Å². The monoisotopic (exact) mass is 230 g/mol. The van der Waals surface area contributed by atoms with Gasteiger partial charge in [-0.05, 0) is 42.4 Å². The lowest BCUT2D eigenvalue weighted by molar-refractivity contribution is -0.125. The Kier molecular flexibility index (Phi) is 1.99.